The van der Waals surface area contributed by atoms with Gasteiger partial charge < -0.3 is 28.6 Å². The molecule has 0 aromatic rings. The third-order valence-electron chi connectivity index (χ3n) is 10.6. The van der Waals surface area contributed by atoms with Gasteiger partial charge in [0.1, 0.15) is 12.6 Å². The molecular formula is C54H91NO7. The fourth-order valence-electron chi connectivity index (χ4n) is 6.80. The van der Waals surface area contributed by atoms with E-state index >= 15 is 0 Å². The minimum Gasteiger partial charge on any atom is -0.544 e. The first kappa shape index (κ1) is 58.5. The van der Waals surface area contributed by atoms with E-state index in [-0.39, 0.29) is 42.7 Å². The van der Waals surface area contributed by atoms with Gasteiger partial charge in [-0.2, -0.15) is 0 Å². The first-order valence-corrected chi connectivity index (χ1v) is 24.7. The molecule has 2 atom stereocenters. The highest BCUT2D eigenvalue weighted by atomic mass is 16.6. The number of nitrogens with zero attached hydrogens (tertiary/aromatic N) is 1. The Hall–Kier alpha value is -3.49. The molecule has 0 saturated carbocycles. The Morgan fingerprint density at radius 2 is 0.968 bits per heavy atom. The topological polar surface area (TPSA) is 102 Å². The van der Waals surface area contributed by atoms with Crippen molar-refractivity contribution in [2.24, 2.45) is 0 Å². The molecule has 0 aliphatic rings. The summed E-state index contributed by atoms with van der Waals surface area (Å²) in [5, 5.41) is 11.7. The molecule has 0 aromatic heterocycles. The van der Waals surface area contributed by atoms with E-state index in [9.17, 15) is 19.5 Å². The van der Waals surface area contributed by atoms with Crippen molar-refractivity contribution < 1.29 is 38.2 Å². The van der Waals surface area contributed by atoms with Crippen LogP contribution in [0.5, 0.6) is 0 Å². The largest absolute Gasteiger partial charge is 0.544 e. The lowest BCUT2D eigenvalue weighted by Crippen LogP contribution is -2.55. The summed E-state index contributed by atoms with van der Waals surface area (Å²) in [7, 11) is 5.40. The van der Waals surface area contributed by atoms with Crippen molar-refractivity contribution in [2.45, 2.75) is 199 Å². The summed E-state index contributed by atoms with van der Waals surface area (Å²) < 4.78 is 17.2. The number of rotatable bonds is 43. The number of carbonyl (C=O) groups is 3. The first-order valence-electron chi connectivity index (χ1n) is 24.7. The maximum Gasteiger partial charge on any atom is 0.306 e. The van der Waals surface area contributed by atoms with Gasteiger partial charge >= 0.3 is 11.9 Å². The molecular weight excluding hydrogens is 775 g/mol. The molecule has 0 aromatic carbocycles. The van der Waals surface area contributed by atoms with E-state index in [1.54, 1.807) is 21.1 Å². The highest BCUT2D eigenvalue weighted by Gasteiger charge is 2.25. The zero-order valence-electron chi connectivity index (χ0n) is 40.3. The van der Waals surface area contributed by atoms with Crippen LogP contribution < -0.4 is 5.11 Å². The van der Waals surface area contributed by atoms with Crippen LogP contribution in [0, 0.1) is 0 Å². The maximum atomic E-state index is 12.8. The second-order valence-corrected chi connectivity index (χ2v) is 17.4. The Balaban J connectivity index is 4.33. The summed E-state index contributed by atoms with van der Waals surface area (Å²) in [6.07, 6.45) is 57.4. The number of carboxylic acids is 1. The fourth-order valence-corrected chi connectivity index (χ4v) is 6.80. The number of esters is 2. The molecule has 0 bridgehead atoms. The minimum absolute atomic E-state index is 0.0254. The Morgan fingerprint density at radius 3 is 1.48 bits per heavy atom. The van der Waals surface area contributed by atoms with Crippen LogP contribution in [0.25, 0.3) is 0 Å². The number of hydrogen-bond donors (Lipinski definition) is 0. The molecule has 0 amide bonds. The molecule has 0 spiro atoms. The predicted molar refractivity (Wildman–Crippen MR) is 258 cm³/mol. The van der Waals surface area contributed by atoms with Gasteiger partial charge in [0.25, 0.3) is 0 Å². The van der Waals surface area contributed by atoms with E-state index in [0.29, 0.717) is 12.8 Å². The van der Waals surface area contributed by atoms with Gasteiger partial charge in [-0.05, 0) is 70.6 Å². The van der Waals surface area contributed by atoms with Crippen molar-refractivity contribution >= 4 is 17.9 Å². The number of carboxylic acid groups (broad SMARTS) is 1. The van der Waals surface area contributed by atoms with E-state index in [1.165, 1.54) is 70.6 Å². The Kier molecular flexibility index (Phi) is 41.6. The Labute approximate surface area is 380 Å². The number of unbranched alkanes of at least 4 members (excludes halogenated alkanes) is 18. The standard InChI is InChI=1S/C54H91NO7/c1-6-8-10-12-14-16-18-20-22-24-26-27-29-30-32-34-36-38-40-42-44-52(56)61-49-50(48-60-47-46-51(54(58)59)55(3,4)5)62-53(57)45-43-41-39-37-35-33-31-28-25-23-21-19-17-15-13-11-9-7-2/h8,10,14-17,19-23,25,28,31,50-51H,6-7,9,11-13,18,24,26-27,29-30,32-49H2,1-5H3/b10-8+,16-14+,17-15+,21-19+,22-20+,25-23+,31-28+. The Morgan fingerprint density at radius 1 is 0.516 bits per heavy atom. The summed E-state index contributed by atoms with van der Waals surface area (Å²) in [6, 6.07) is -0.736. The van der Waals surface area contributed by atoms with E-state index in [0.717, 1.165) is 83.5 Å². The van der Waals surface area contributed by atoms with Crippen LogP contribution in [0.2, 0.25) is 0 Å². The predicted octanol–water partition coefficient (Wildman–Crippen LogP) is 12.7. The van der Waals surface area contributed by atoms with Gasteiger partial charge in [0.15, 0.2) is 6.10 Å². The number of hydrogen-bond acceptors (Lipinski definition) is 7. The average Bonchev–Trinajstić information content (AvgIpc) is 3.23. The van der Waals surface area contributed by atoms with Gasteiger partial charge in [0.05, 0.1) is 40.3 Å². The summed E-state index contributed by atoms with van der Waals surface area (Å²) in [4.78, 5) is 37.0. The second kappa shape index (κ2) is 44.1. The van der Waals surface area contributed by atoms with Crippen molar-refractivity contribution in [3.8, 4) is 0 Å². The summed E-state index contributed by atoms with van der Waals surface area (Å²) in [6.45, 7) is 4.48. The molecule has 2 unspecified atom stereocenters. The van der Waals surface area contributed by atoms with Gasteiger partial charge in [-0.25, -0.2) is 0 Å². The van der Waals surface area contributed by atoms with E-state index in [1.807, 2.05) is 6.08 Å². The zero-order chi connectivity index (χ0) is 45.6. The number of likely N-dealkylation sites (N-methyl/N-ethyl adjacent to an activating group) is 1. The molecule has 0 rings (SSSR count). The van der Waals surface area contributed by atoms with Crippen molar-refractivity contribution in [2.75, 3.05) is 41.0 Å². The molecule has 8 nitrogen and oxygen atoms in total. The van der Waals surface area contributed by atoms with E-state index in [4.69, 9.17) is 14.2 Å². The van der Waals surface area contributed by atoms with E-state index in [2.05, 4.69) is 92.8 Å². The van der Waals surface area contributed by atoms with Gasteiger partial charge in [-0.15, -0.1) is 0 Å². The van der Waals surface area contributed by atoms with Crippen LogP contribution in [0.1, 0.15) is 187 Å². The smallest absolute Gasteiger partial charge is 0.306 e. The Bertz CT molecular complexity index is 1290. The lowest BCUT2D eigenvalue weighted by Gasteiger charge is -2.34. The third kappa shape index (κ3) is 41.8. The number of carbonyl (C=O) groups excluding carboxylic acids is 3. The lowest BCUT2D eigenvalue weighted by molar-refractivity contribution is -0.889. The van der Waals surface area contributed by atoms with Crippen LogP contribution in [0.3, 0.4) is 0 Å². The number of quaternary nitrogens is 1. The summed E-state index contributed by atoms with van der Waals surface area (Å²) in [5.74, 6) is -1.78. The number of aliphatic carboxylic acids is 1. The SMILES string of the molecule is CC/C=C/C/C=C/C/C=C/CCCCCCCCCCCCC(=O)OCC(COCCC(C(=O)[O-])[N+](C)(C)C)OC(=O)CCCCCCC/C=C/C=C/C=C/C=C/CCCCC. The minimum atomic E-state index is -1.13. The van der Waals surface area contributed by atoms with Gasteiger partial charge in [-0.3, -0.25) is 9.59 Å². The molecule has 0 aliphatic heterocycles. The quantitative estimate of drug-likeness (QED) is 0.0198. The molecule has 62 heavy (non-hydrogen) atoms. The number of allylic oxidation sites excluding steroid dienone is 14. The molecule has 0 fully saturated rings. The van der Waals surface area contributed by atoms with E-state index < -0.39 is 18.1 Å². The molecule has 8 heteroatoms. The third-order valence-corrected chi connectivity index (χ3v) is 10.6. The first-order chi connectivity index (χ1) is 30.1. The highest BCUT2D eigenvalue weighted by Crippen LogP contribution is 2.14. The number of ether oxygens (including phenoxy) is 3. The molecule has 0 heterocycles. The van der Waals surface area contributed by atoms with Gasteiger partial charge in [0.2, 0.25) is 0 Å². The van der Waals surface area contributed by atoms with Gasteiger partial charge in [-0.1, -0.05) is 182 Å². The fraction of sp³-hybridized carbons (Fsp3) is 0.685. The lowest BCUT2D eigenvalue weighted by atomic mass is 10.1. The van der Waals surface area contributed by atoms with Crippen LogP contribution in [0.15, 0.2) is 85.1 Å². The van der Waals surface area contributed by atoms with Crippen molar-refractivity contribution in [1.82, 2.24) is 0 Å². The summed E-state index contributed by atoms with van der Waals surface area (Å²) >= 11 is 0. The zero-order valence-corrected chi connectivity index (χ0v) is 40.3. The second-order valence-electron chi connectivity index (χ2n) is 17.4. The monoisotopic (exact) mass is 866 g/mol. The van der Waals surface area contributed by atoms with Crippen LogP contribution in [0.4, 0.5) is 0 Å². The summed E-state index contributed by atoms with van der Waals surface area (Å²) in [5.41, 5.74) is 0. The average molecular weight is 866 g/mol. The normalized spacial score (nSPS) is 13.6. The molecule has 0 aliphatic carbocycles. The molecule has 0 radical (unpaired) electrons. The van der Waals surface area contributed by atoms with Gasteiger partial charge in [0, 0.05) is 19.3 Å². The molecule has 0 saturated heterocycles. The van der Waals surface area contributed by atoms with Crippen molar-refractivity contribution in [3.63, 3.8) is 0 Å². The maximum absolute atomic E-state index is 12.8. The van der Waals surface area contributed by atoms with Crippen molar-refractivity contribution in [1.29, 1.82) is 0 Å². The van der Waals surface area contributed by atoms with Crippen molar-refractivity contribution in [3.05, 3.63) is 85.1 Å². The van der Waals surface area contributed by atoms with Crippen LogP contribution in [-0.2, 0) is 28.6 Å². The van der Waals surface area contributed by atoms with Crippen LogP contribution in [-0.4, -0.2) is 75.5 Å². The highest BCUT2D eigenvalue weighted by molar-refractivity contribution is 5.70. The molecule has 354 valence electrons. The molecule has 0 N–H and O–H groups in total. The van der Waals surface area contributed by atoms with Crippen LogP contribution >= 0.6 is 0 Å².